The smallest absolute Gasteiger partial charge is 0.343 e. The van der Waals surface area contributed by atoms with Crippen molar-refractivity contribution in [2.75, 3.05) is 20.8 Å². The van der Waals surface area contributed by atoms with Crippen LogP contribution in [0.25, 0.3) is 0 Å². The van der Waals surface area contributed by atoms with Crippen molar-refractivity contribution in [3.63, 3.8) is 0 Å². The lowest BCUT2D eigenvalue weighted by Crippen LogP contribution is -2.24. The van der Waals surface area contributed by atoms with E-state index in [-0.39, 0.29) is 12.4 Å². The number of carbonyl (C=O) groups excluding carboxylic acids is 2. The molecule has 3 aromatic carbocycles. The Labute approximate surface area is 191 Å². The maximum Gasteiger partial charge on any atom is 0.343 e. The predicted octanol–water partition coefficient (Wildman–Crippen LogP) is 3.76. The lowest BCUT2D eigenvalue weighted by atomic mass is 10.1. The average Bonchev–Trinajstić information content (AvgIpc) is 2.84. The van der Waals surface area contributed by atoms with Gasteiger partial charge in [-0.15, -0.1) is 0 Å². The van der Waals surface area contributed by atoms with E-state index >= 15 is 0 Å². The third-order valence-corrected chi connectivity index (χ3v) is 4.51. The molecule has 0 heterocycles. The number of rotatable bonds is 9. The highest BCUT2D eigenvalue weighted by molar-refractivity contribution is 5.91. The fraction of sp³-hybridized carbons (Fsp3) is 0.160. The van der Waals surface area contributed by atoms with Gasteiger partial charge >= 0.3 is 5.97 Å². The number of nitrogens with zero attached hydrogens (tertiary/aromatic N) is 1. The maximum absolute atomic E-state index is 12.4. The minimum absolute atomic E-state index is 0.194. The fourth-order valence-electron chi connectivity index (χ4n) is 2.73. The molecule has 0 aliphatic carbocycles. The zero-order valence-electron chi connectivity index (χ0n) is 18.5. The van der Waals surface area contributed by atoms with Crippen LogP contribution in [0.15, 0.2) is 71.8 Å². The number of nitrogens with one attached hydrogen (secondary N) is 1. The molecule has 3 rings (SSSR count). The van der Waals surface area contributed by atoms with Crippen molar-refractivity contribution in [2.45, 2.75) is 6.92 Å². The summed E-state index contributed by atoms with van der Waals surface area (Å²) in [4.78, 5) is 24.3. The second-order valence-electron chi connectivity index (χ2n) is 6.92. The summed E-state index contributed by atoms with van der Waals surface area (Å²) in [5, 5.41) is 3.92. The highest BCUT2D eigenvalue weighted by Gasteiger charge is 2.12. The van der Waals surface area contributed by atoms with E-state index in [9.17, 15) is 9.59 Å². The number of methoxy groups -OCH3 is 2. The number of hydrogen-bond donors (Lipinski definition) is 1. The molecule has 0 unspecified atom stereocenters. The number of aryl methyl sites for hydroxylation is 1. The molecule has 3 aromatic rings. The zero-order valence-corrected chi connectivity index (χ0v) is 18.5. The highest BCUT2D eigenvalue weighted by Crippen LogP contribution is 2.28. The minimum atomic E-state index is -0.487. The largest absolute Gasteiger partial charge is 0.497 e. The standard InChI is InChI=1S/C25H24N2O6/c1-17-4-7-19(8-5-17)25(29)33-22-13-6-18(14-23(22)31-3)15-26-27-24(28)16-32-21-11-9-20(30-2)10-12-21/h4-15H,16H2,1-3H3,(H,27,28). The molecule has 0 spiro atoms. The van der Waals surface area contributed by atoms with Gasteiger partial charge in [-0.2, -0.15) is 5.10 Å². The topological polar surface area (TPSA) is 95.5 Å². The van der Waals surface area contributed by atoms with E-state index < -0.39 is 11.9 Å². The van der Waals surface area contributed by atoms with Gasteiger partial charge in [0.2, 0.25) is 0 Å². The van der Waals surface area contributed by atoms with Crippen LogP contribution in [-0.4, -0.2) is 38.9 Å². The van der Waals surface area contributed by atoms with E-state index in [4.69, 9.17) is 18.9 Å². The van der Waals surface area contributed by atoms with Crippen molar-refractivity contribution in [3.05, 3.63) is 83.4 Å². The minimum Gasteiger partial charge on any atom is -0.497 e. The van der Waals surface area contributed by atoms with E-state index in [1.807, 2.05) is 19.1 Å². The van der Waals surface area contributed by atoms with Crippen LogP contribution < -0.4 is 24.4 Å². The van der Waals surface area contributed by atoms with Crippen LogP contribution in [0.2, 0.25) is 0 Å². The number of carbonyl (C=O) groups is 2. The first-order chi connectivity index (χ1) is 16.0. The highest BCUT2D eigenvalue weighted by atomic mass is 16.6. The molecular weight excluding hydrogens is 424 g/mol. The Morgan fingerprint density at radius 1 is 0.879 bits per heavy atom. The molecule has 0 saturated carbocycles. The van der Waals surface area contributed by atoms with Gasteiger partial charge in [0.1, 0.15) is 11.5 Å². The molecule has 8 nitrogen and oxygen atoms in total. The van der Waals surface area contributed by atoms with Crippen LogP contribution in [0.3, 0.4) is 0 Å². The number of benzene rings is 3. The van der Waals surface area contributed by atoms with Gasteiger partial charge in [0, 0.05) is 0 Å². The molecule has 1 N–H and O–H groups in total. The van der Waals surface area contributed by atoms with Crippen LogP contribution >= 0.6 is 0 Å². The molecule has 8 heteroatoms. The third-order valence-electron chi connectivity index (χ3n) is 4.51. The Hall–Kier alpha value is -4.33. The summed E-state index contributed by atoms with van der Waals surface area (Å²) in [7, 11) is 3.04. The van der Waals surface area contributed by atoms with Gasteiger partial charge in [-0.3, -0.25) is 4.79 Å². The van der Waals surface area contributed by atoms with Gasteiger partial charge in [0.05, 0.1) is 26.0 Å². The predicted molar refractivity (Wildman–Crippen MR) is 123 cm³/mol. The second kappa shape index (κ2) is 11.3. The van der Waals surface area contributed by atoms with Crippen LogP contribution in [0.4, 0.5) is 0 Å². The van der Waals surface area contributed by atoms with Crippen LogP contribution in [0, 0.1) is 6.92 Å². The summed E-state index contributed by atoms with van der Waals surface area (Å²) in [6, 6.07) is 18.9. The molecule has 0 aliphatic rings. The van der Waals surface area contributed by atoms with Crippen molar-refractivity contribution < 1.29 is 28.5 Å². The maximum atomic E-state index is 12.4. The van der Waals surface area contributed by atoms with E-state index in [0.717, 1.165) is 5.56 Å². The first-order valence-corrected chi connectivity index (χ1v) is 10.0. The number of esters is 1. The first-order valence-electron chi connectivity index (χ1n) is 10.0. The monoisotopic (exact) mass is 448 g/mol. The van der Waals surface area contributed by atoms with Crippen molar-refractivity contribution in [1.29, 1.82) is 0 Å². The fourth-order valence-corrected chi connectivity index (χ4v) is 2.73. The lowest BCUT2D eigenvalue weighted by Gasteiger charge is -2.10. The van der Waals surface area contributed by atoms with E-state index in [0.29, 0.717) is 28.4 Å². The second-order valence-corrected chi connectivity index (χ2v) is 6.92. The van der Waals surface area contributed by atoms with Gasteiger partial charge in [-0.05, 0) is 67.1 Å². The first kappa shape index (κ1) is 23.3. The molecule has 0 radical (unpaired) electrons. The van der Waals surface area contributed by atoms with Gasteiger partial charge in [0.25, 0.3) is 5.91 Å². The van der Waals surface area contributed by atoms with Gasteiger partial charge in [-0.25, -0.2) is 10.2 Å². The van der Waals surface area contributed by atoms with Crippen molar-refractivity contribution in [1.82, 2.24) is 5.43 Å². The summed E-state index contributed by atoms with van der Waals surface area (Å²) < 4.78 is 21.2. The van der Waals surface area contributed by atoms with Gasteiger partial charge in [-0.1, -0.05) is 17.7 Å². The SMILES string of the molecule is COc1ccc(OCC(=O)NN=Cc2ccc(OC(=O)c3ccc(C)cc3)c(OC)c2)cc1. The number of amides is 1. The average molecular weight is 448 g/mol. The number of ether oxygens (including phenoxy) is 4. The number of hydrazone groups is 1. The molecule has 0 bridgehead atoms. The van der Waals surface area contributed by atoms with Crippen LogP contribution in [0.1, 0.15) is 21.5 Å². The molecular formula is C25H24N2O6. The molecule has 0 fully saturated rings. The number of hydrogen-bond acceptors (Lipinski definition) is 7. The van der Waals surface area contributed by atoms with E-state index in [1.165, 1.54) is 13.3 Å². The molecule has 1 amide bonds. The molecule has 33 heavy (non-hydrogen) atoms. The van der Waals surface area contributed by atoms with Crippen LogP contribution in [-0.2, 0) is 4.79 Å². The summed E-state index contributed by atoms with van der Waals surface area (Å²) in [5.74, 6) is 0.959. The van der Waals surface area contributed by atoms with E-state index in [1.54, 1.807) is 61.7 Å². The summed E-state index contributed by atoms with van der Waals surface area (Å²) in [6.07, 6.45) is 1.44. The lowest BCUT2D eigenvalue weighted by molar-refractivity contribution is -0.123. The summed E-state index contributed by atoms with van der Waals surface area (Å²) in [5.41, 5.74) is 4.51. The Morgan fingerprint density at radius 3 is 2.24 bits per heavy atom. The van der Waals surface area contributed by atoms with E-state index in [2.05, 4.69) is 10.5 Å². The molecule has 170 valence electrons. The Bertz CT molecular complexity index is 1120. The van der Waals surface area contributed by atoms with Crippen molar-refractivity contribution in [2.24, 2.45) is 5.10 Å². The molecule has 0 saturated heterocycles. The third kappa shape index (κ3) is 6.83. The Balaban J connectivity index is 1.54. The van der Waals surface area contributed by atoms with Crippen LogP contribution in [0.5, 0.6) is 23.0 Å². The molecule has 0 aromatic heterocycles. The normalized spacial score (nSPS) is 10.5. The summed E-state index contributed by atoms with van der Waals surface area (Å²) in [6.45, 7) is 1.75. The summed E-state index contributed by atoms with van der Waals surface area (Å²) >= 11 is 0. The van der Waals surface area contributed by atoms with Crippen molar-refractivity contribution in [3.8, 4) is 23.0 Å². The van der Waals surface area contributed by atoms with Gasteiger partial charge in [0.15, 0.2) is 18.1 Å². The van der Waals surface area contributed by atoms with Crippen molar-refractivity contribution >= 4 is 18.1 Å². The quantitative estimate of drug-likeness (QED) is 0.232. The van der Waals surface area contributed by atoms with Gasteiger partial charge < -0.3 is 18.9 Å². The molecule has 0 aliphatic heterocycles. The Morgan fingerprint density at radius 2 is 1.58 bits per heavy atom. The zero-order chi connectivity index (χ0) is 23.6. The Kier molecular flexibility index (Phi) is 8.02. The molecule has 0 atom stereocenters.